The zero-order valence-electron chi connectivity index (χ0n) is 9.68. The molecule has 1 spiro atoms. The van der Waals surface area contributed by atoms with E-state index in [1.807, 2.05) is 7.11 Å². The van der Waals surface area contributed by atoms with Crippen LogP contribution in [0.1, 0.15) is 39.5 Å². The number of rotatable bonds is 2. The first kappa shape index (κ1) is 10.4. The molecule has 1 atom stereocenters. The van der Waals surface area contributed by atoms with Crippen molar-refractivity contribution in [1.29, 1.82) is 0 Å². The number of methoxy groups -OCH3 is 1. The third kappa shape index (κ3) is 1.17. The van der Waals surface area contributed by atoms with Crippen molar-refractivity contribution in [3.8, 4) is 0 Å². The second kappa shape index (κ2) is 3.21. The molecule has 2 nitrogen and oxygen atoms in total. The molecule has 2 heteroatoms. The number of ether oxygens (including phenoxy) is 1. The molecule has 2 rings (SSSR count). The third-order valence-corrected chi connectivity index (χ3v) is 5.13. The van der Waals surface area contributed by atoms with Crippen LogP contribution in [0, 0.1) is 16.7 Å². The lowest BCUT2D eigenvalue weighted by Gasteiger charge is -2.30. The molecule has 0 heterocycles. The van der Waals surface area contributed by atoms with Crippen molar-refractivity contribution in [3.05, 3.63) is 0 Å². The van der Waals surface area contributed by atoms with Crippen molar-refractivity contribution in [2.75, 3.05) is 13.7 Å². The molecule has 14 heavy (non-hydrogen) atoms. The smallest absolute Gasteiger partial charge is 0.0571 e. The molecule has 0 aromatic heterocycles. The molecule has 2 aliphatic carbocycles. The van der Waals surface area contributed by atoms with Gasteiger partial charge in [-0.05, 0) is 49.0 Å². The van der Waals surface area contributed by atoms with Crippen LogP contribution in [-0.2, 0) is 4.74 Å². The predicted octanol–water partition coefficient (Wildman–Crippen LogP) is 2.18. The van der Waals surface area contributed by atoms with E-state index < -0.39 is 0 Å². The molecule has 0 saturated heterocycles. The van der Waals surface area contributed by atoms with E-state index in [4.69, 9.17) is 10.5 Å². The maximum absolute atomic E-state index is 5.85. The third-order valence-electron chi connectivity index (χ3n) is 5.13. The summed E-state index contributed by atoms with van der Waals surface area (Å²) in [4.78, 5) is 0. The molecule has 2 N–H and O–H groups in total. The maximum Gasteiger partial charge on any atom is 0.0571 e. The highest BCUT2D eigenvalue weighted by Crippen LogP contribution is 2.74. The van der Waals surface area contributed by atoms with Crippen LogP contribution in [0.15, 0.2) is 0 Å². The summed E-state index contributed by atoms with van der Waals surface area (Å²) >= 11 is 0. The van der Waals surface area contributed by atoms with Crippen LogP contribution in [0.2, 0.25) is 0 Å². The Labute approximate surface area is 87.2 Å². The Hall–Kier alpha value is -0.0800. The molecule has 2 aliphatic rings. The van der Waals surface area contributed by atoms with Gasteiger partial charge in [-0.15, -0.1) is 0 Å². The minimum Gasteiger partial charge on any atom is -0.381 e. The van der Waals surface area contributed by atoms with Crippen molar-refractivity contribution in [1.82, 2.24) is 0 Å². The first-order valence-corrected chi connectivity index (χ1v) is 5.81. The summed E-state index contributed by atoms with van der Waals surface area (Å²) in [7, 11) is 1.83. The Bertz CT molecular complexity index is 216. The van der Waals surface area contributed by atoms with Crippen LogP contribution in [0.3, 0.4) is 0 Å². The summed E-state index contributed by atoms with van der Waals surface area (Å²) in [6, 6.07) is 0. The van der Waals surface area contributed by atoms with Crippen molar-refractivity contribution in [3.63, 3.8) is 0 Å². The molecule has 0 bridgehead atoms. The Morgan fingerprint density at radius 3 is 2.21 bits per heavy atom. The monoisotopic (exact) mass is 197 g/mol. The van der Waals surface area contributed by atoms with Crippen molar-refractivity contribution in [2.24, 2.45) is 22.5 Å². The summed E-state index contributed by atoms with van der Waals surface area (Å²) < 4.78 is 5.42. The zero-order chi connectivity index (χ0) is 10.4. The Kier molecular flexibility index (Phi) is 2.39. The van der Waals surface area contributed by atoms with Crippen LogP contribution in [0.25, 0.3) is 0 Å². The minimum atomic E-state index is 0.487. The average Bonchev–Trinajstić information content (AvgIpc) is 2.63. The van der Waals surface area contributed by atoms with Gasteiger partial charge in [0.2, 0.25) is 0 Å². The molecular formula is C12H23NO. The first-order chi connectivity index (χ1) is 6.58. The van der Waals surface area contributed by atoms with Gasteiger partial charge in [-0.3, -0.25) is 0 Å². The van der Waals surface area contributed by atoms with E-state index in [9.17, 15) is 0 Å². The first-order valence-electron chi connectivity index (χ1n) is 5.81. The van der Waals surface area contributed by atoms with Gasteiger partial charge in [-0.2, -0.15) is 0 Å². The van der Waals surface area contributed by atoms with E-state index >= 15 is 0 Å². The maximum atomic E-state index is 5.85. The van der Waals surface area contributed by atoms with Crippen molar-refractivity contribution in [2.45, 2.75) is 45.6 Å². The van der Waals surface area contributed by atoms with Gasteiger partial charge in [0.1, 0.15) is 0 Å². The standard InChI is InChI=1S/C12H23NO/c1-11(2)10(8-13)12(11)6-4-9(14-3)5-7-12/h9-10H,4-8,13H2,1-3H3. The molecule has 0 aliphatic heterocycles. The van der Waals surface area contributed by atoms with Gasteiger partial charge in [0.05, 0.1) is 6.10 Å². The molecule has 82 valence electrons. The zero-order valence-corrected chi connectivity index (χ0v) is 9.68. The minimum absolute atomic E-state index is 0.487. The predicted molar refractivity (Wildman–Crippen MR) is 58.0 cm³/mol. The second-order valence-electron chi connectivity index (χ2n) is 5.60. The van der Waals surface area contributed by atoms with Gasteiger partial charge in [0, 0.05) is 7.11 Å². The van der Waals surface area contributed by atoms with Crippen LogP contribution in [0.4, 0.5) is 0 Å². The Morgan fingerprint density at radius 2 is 1.86 bits per heavy atom. The fourth-order valence-electron chi connectivity index (χ4n) is 3.92. The summed E-state index contributed by atoms with van der Waals surface area (Å²) in [6.07, 6.45) is 5.61. The SMILES string of the molecule is COC1CCC2(CC1)C(CN)C2(C)C. The van der Waals surface area contributed by atoms with Gasteiger partial charge < -0.3 is 10.5 Å². The summed E-state index contributed by atoms with van der Waals surface area (Å²) in [5, 5.41) is 0. The molecule has 1 unspecified atom stereocenters. The fraction of sp³-hybridized carbons (Fsp3) is 1.00. The topological polar surface area (TPSA) is 35.2 Å². The lowest BCUT2D eigenvalue weighted by molar-refractivity contribution is 0.0435. The lowest BCUT2D eigenvalue weighted by atomic mass is 9.79. The van der Waals surface area contributed by atoms with Gasteiger partial charge in [0.25, 0.3) is 0 Å². The Balaban J connectivity index is 2.01. The van der Waals surface area contributed by atoms with E-state index in [0.29, 0.717) is 16.9 Å². The summed E-state index contributed by atoms with van der Waals surface area (Å²) in [5.74, 6) is 0.757. The summed E-state index contributed by atoms with van der Waals surface area (Å²) in [6.45, 7) is 5.64. The van der Waals surface area contributed by atoms with Crippen molar-refractivity contribution < 1.29 is 4.74 Å². The highest BCUT2D eigenvalue weighted by atomic mass is 16.5. The molecule has 2 fully saturated rings. The van der Waals surface area contributed by atoms with Crippen LogP contribution in [-0.4, -0.2) is 19.8 Å². The largest absolute Gasteiger partial charge is 0.381 e. The molecule has 2 saturated carbocycles. The van der Waals surface area contributed by atoms with Gasteiger partial charge in [-0.25, -0.2) is 0 Å². The van der Waals surface area contributed by atoms with Gasteiger partial charge in [-0.1, -0.05) is 13.8 Å². The average molecular weight is 197 g/mol. The molecular weight excluding hydrogens is 174 g/mol. The Morgan fingerprint density at radius 1 is 1.29 bits per heavy atom. The molecule has 0 aromatic rings. The van der Waals surface area contributed by atoms with E-state index in [2.05, 4.69) is 13.8 Å². The molecule has 0 aromatic carbocycles. The van der Waals surface area contributed by atoms with E-state index in [0.717, 1.165) is 12.5 Å². The molecule has 0 radical (unpaired) electrons. The van der Waals surface area contributed by atoms with E-state index in [1.165, 1.54) is 25.7 Å². The van der Waals surface area contributed by atoms with Gasteiger partial charge >= 0.3 is 0 Å². The van der Waals surface area contributed by atoms with Gasteiger partial charge in [0.15, 0.2) is 0 Å². The number of hydrogen-bond donors (Lipinski definition) is 1. The second-order valence-corrected chi connectivity index (χ2v) is 5.60. The number of nitrogens with two attached hydrogens (primary N) is 1. The summed E-state index contributed by atoms with van der Waals surface area (Å²) in [5.41, 5.74) is 6.90. The van der Waals surface area contributed by atoms with Crippen molar-refractivity contribution >= 4 is 0 Å². The van der Waals surface area contributed by atoms with E-state index in [1.54, 1.807) is 0 Å². The van der Waals surface area contributed by atoms with E-state index in [-0.39, 0.29) is 0 Å². The highest BCUT2D eigenvalue weighted by molar-refractivity contribution is 5.18. The van der Waals surface area contributed by atoms with Crippen LogP contribution < -0.4 is 5.73 Å². The lowest BCUT2D eigenvalue weighted by Crippen LogP contribution is -2.25. The highest BCUT2D eigenvalue weighted by Gasteiger charge is 2.69. The normalized spacial score (nSPS) is 45.4. The number of hydrogen-bond acceptors (Lipinski definition) is 2. The molecule has 0 amide bonds. The fourth-order valence-corrected chi connectivity index (χ4v) is 3.92. The van der Waals surface area contributed by atoms with Crippen LogP contribution >= 0.6 is 0 Å². The van der Waals surface area contributed by atoms with Crippen LogP contribution in [0.5, 0.6) is 0 Å². The quantitative estimate of drug-likeness (QED) is 0.736.